The molecule has 0 N–H and O–H groups in total. The molecule has 0 bridgehead atoms. The SMILES string of the molecule is CCC(=O)c1cc2cc(Cl)cc(Cl)c2oc1=O. The minimum absolute atomic E-state index is 0.0262. The molecule has 3 nitrogen and oxygen atoms in total. The summed E-state index contributed by atoms with van der Waals surface area (Å²) in [5.41, 5.74) is -0.402. The number of halogens is 2. The second-order valence-corrected chi connectivity index (χ2v) is 4.37. The molecule has 88 valence electrons. The van der Waals surface area contributed by atoms with E-state index in [0.29, 0.717) is 10.4 Å². The monoisotopic (exact) mass is 270 g/mol. The van der Waals surface area contributed by atoms with Gasteiger partial charge in [-0.3, -0.25) is 4.79 Å². The van der Waals surface area contributed by atoms with Crippen molar-refractivity contribution in [3.8, 4) is 0 Å². The fourth-order valence-electron chi connectivity index (χ4n) is 1.54. The summed E-state index contributed by atoms with van der Waals surface area (Å²) >= 11 is 11.7. The number of carbonyl (C=O) groups excluding carboxylic acids is 1. The molecule has 0 aliphatic heterocycles. The number of ketones is 1. The maximum atomic E-state index is 11.6. The lowest BCUT2D eigenvalue weighted by Crippen LogP contribution is -2.12. The van der Waals surface area contributed by atoms with Crippen LogP contribution in [-0.2, 0) is 0 Å². The molecule has 17 heavy (non-hydrogen) atoms. The molecule has 0 fully saturated rings. The fourth-order valence-corrected chi connectivity index (χ4v) is 2.09. The van der Waals surface area contributed by atoms with Crippen LogP contribution in [0.25, 0.3) is 11.0 Å². The van der Waals surface area contributed by atoms with Crippen LogP contribution in [-0.4, -0.2) is 5.78 Å². The lowest BCUT2D eigenvalue weighted by atomic mass is 10.1. The van der Waals surface area contributed by atoms with Gasteiger partial charge in [0.1, 0.15) is 5.56 Å². The highest BCUT2D eigenvalue weighted by atomic mass is 35.5. The lowest BCUT2D eigenvalue weighted by molar-refractivity contribution is 0.0985. The Bertz CT molecular complexity index is 659. The van der Waals surface area contributed by atoms with E-state index in [0.717, 1.165) is 0 Å². The number of benzene rings is 1. The molecule has 0 atom stereocenters. The first-order chi connectivity index (χ1) is 8.02. The summed E-state index contributed by atoms with van der Waals surface area (Å²) < 4.78 is 5.03. The standard InChI is InChI=1S/C12H8Cl2O3/c1-2-10(15)8-4-6-3-7(13)5-9(14)11(6)17-12(8)16/h3-5H,2H2,1H3. The summed E-state index contributed by atoms with van der Waals surface area (Å²) in [6.07, 6.45) is 0.241. The van der Waals surface area contributed by atoms with Crippen LogP contribution in [0, 0.1) is 0 Å². The Morgan fingerprint density at radius 2 is 2.00 bits per heavy atom. The number of carbonyl (C=O) groups is 1. The Kier molecular flexibility index (Phi) is 3.22. The van der Waals surface area contributed by atoms with Gasteiger partial charge in [-0.2, -0.15) is 0 Å². The van der Waals surface area contributed by atoms with E-state index in [9.17, 15) is 9.59 Å². The first kappa shape index (κ1) is 12.1. The Hall–Kier alpha value is -1.32. The minimum atomic E-state index is -0.673. The number of fused-ring (bicyclic) bond motifs is 1. The first-order valence-corrected chi connectivity index (χ1v) is 5.74. The molecule has 0 unspecified atom stereocenters. The molecule has 2 aromatic rings. The molecule has 0 amide bonds. The summed E-state index contributed by atoms with van der Waals surface area (Å²) in [6.45, 7) is 1.68. The van der Waals surface area contributed by atoms with Gasteiger partial charge in [-0.25, -0.2) is 4.79 Å². The van der Waals surface area contributed by atoms with Crippen molar-refractivity contribution in [2.24, 2.45) is 0 Å². The average molecular weight is 271 g/mol. The van der Waals surface area contributed by atoms with E-state index in [1.54, 1.807) is 13.0 Å². The smallest absolute Gasteiger partial charge is 0.347 e. The van der Waals surface area contributed by atoms with Gasteiger partial charge in [-0.15, -0.1) is 0 Å². The third-order valence-corrected chi connectivity index (χ3v) is 2.87. The number of hydrogen-bond donors (Lipinski definition) is 0. The maximum Gasteiger partial charge on any atom is 0.347 e. The van der Waals surface area contributed by atoms with Crippen molar-refractivity contribution in [2.75, 3.05) is 0 Å². The first-order valence-electron chi connectivity index (χ1n) is 4.99. The Morgan fingerprint density at radius 3 is 2.65 bits per heavy atom. The van der Waals surface area contributed by atoms with Crippen molar-refractivity contribution in [3.63, 3.8) is 0 Å². The fraction of sp³-hybridized carbons (Fsp3) is 0.167. The van der Waals surface area contributed by atoms with E-state index < -0.39 is 5.63 Å². The molecule has 1 aromatic heterocycles. The highest BCUT2D eigenvalue weighted by Gasteiger charge is 2.13. The Balaban J connectivity index is 2.81. The van der Waals surface area contributed by atoms with Crippen molar-refractivity contribution < 1.29 is 9.21 Å². The predicted molar refractivity (Wildman–Crippen MR) is 67.1 cm³/mol. The quantitative estimate of drug-likeness (QED) is 0.618. The molecule has 1 aromatic carbocycles. The maximum absolute atomic E-state index is 11.6. The summed E-state index contributed by atoms with van der Waals surface area (Å²) in [7, 11) is 0. The van der Waals surface area contributed by atoms with E-state index in [-0.39, 0.29) is 28.4 Å². The van der Waals surface area contributed by atoms with E-state index in [2.05, 4.69) is 0 Å². The van der Waals surface area contributed by atoms with Gasteiger partial charge in [0, 0.05) is 16.8 Å². The zero-order chi connectivity index (χ0) is 12.6. The molecule has 0 aliphatic carbocycles. The van der Waals surface area contributed by atoms with Gasteiger partial charge in [0.25, 0.3) is 0 Å². The second kappa shape index (κ2) is 4.51. The van der Waals surface area contributed by atoms with Crippen LogP contribution in [0.3, 0.4) is 0 Å². The molecule has 0 spiro atoms. The minimum Gasteiger partial charge on any atom is -0.421 e. The zero-order valence-corrected chi connectivity index (χ0v) is 10.4. The van der Waals surface area contributed by atoms with Crippen molar-refractivity contribution in [2.45, 2.75) is 13.3 Å². The van der Waals surface area contributed by atoms with Gasteiger partial charge in [-0.1, -0.05) is 30.1 Å². The van der Waals surface area contributed by atoms with Crippen LogP contribution in [0.2, 0.25) is 10.0 Å². The van der Waals surface area contributed by atoms with Gasteiger partial charge in [-0.05, 0) is 18.2 Å². The Labute approximate surface area is 107 Å². The van der Waals surface area contributed by atoms with Crippen molar-refractivity contribution in [3.05, 3.63) is 44.2 Å². The summed E-state index contributed by atoms with van der Waals surface area (Å²) in [4.78, 5) is 23.1. The summed E-state index contributed by atoms with van der Waals surface area (Å²) in [5, 5.41) is 1.21. The topological polar surface area (TPSA) is 47.3 Å². The largest absolute Gasteiger partial charge is 0.421 e. The van der Waals surface area contributed by atoms with Crippen LogP contribution in [0.1, 0.15) is 23.7 Å². The molecule has 2 rings (SSSR count). The lowest BCUT2D eigenvalue weighted by Gasteiger charge is -2.02. The Morgan fingerprint density at radius 1 is 1.29 bits per heavy atom. The van der Waals surface area contributed by atoms with Crippen LogP contribution in [0.4, 0.5) is 0 Å². The third kappa shape index (κ3) is 2.21. The van der Waals surface area contributed by atoms with Gasteiger partial charge in [0.15, 0.2) is 11.4 Å². The van der Waals surface area contributed by atoms with Crippen molar-refractivity contribution in [1.29, 1.82) is 0 Å². The highest BCUT2D eigenvalue weighted by Crippen LogP contribution is 2.27. The molecule has 5 heteroatoms. The van der Waals surface area contributed by atoms with Gasteiger partial charge < -0.3 is 4.42 Å². The molecule has 0 saturated carbocycles. The van der Waals surface area contributed by atoms with E-state index in [4.69, 9.17) is 27.6 Å². The second-order valence-electron chi connectivity index (χ2n) is 3.53. The zero-order valence-electron chi connectivity index (χ0n) is 8.92. The van der Waals surface area contributed by atoms with Crippen LogP contribution < -0.4 is 5.63 Å². The van der Waals surface area contributed by atoms with Gasteiger partial charge >= 0.3 is 5.63 Å². The highest BCUT2D eigenvalue weighted by molar-refractivity contribution is 6.38. The van der Waals surface area contributed by atoms with Crippen molar-refractivity contribution in [1.82, 2.24) is 0 Å². The van der Waals surface area contributed by atoms with Gasteiger partial charge in [0.2, 0.25) is 0 Å². The number of rotatable bonds is 2. The van der Waals surface area contributed by atoms with E-state index in [1.165, 1.54) is 12.1 Å². The summed E-state index contributed by atoms with van der Waals surface area (Å²) in [6, 6.07) is 4.54. The van der Waals surface area contributed by atoms with Crippen LogP contribution in [0.5, 0.6) is 0 Å². The normalized spacial score (nSPS) is 10.8. The van der Waals surface area contributed by atoms with Crippen LogP contribution >= 0.6 is 23.2 Å². The van der Waals surface area contributed by atoms with Crippen LogP contribution in [0.15, 0.2) is 27.4 Å². The summed E-state index contributed by atoms with van der Waals surface area (Å²) in [5.74, 6) is -0.267. The molecule has 0 radical (unpaired) electrons. The molecular formula is C12H8Cl2O3. The molecule has 0 aliphatic rings. The predicted octanol–water partition coefficient (Wildman–Crippen LogP) is 3.69. The molecule has 1 heterocycles. The third-order valence-electron chi connectivity index (χ3n) is 2.37. The van der Waals surface area contributed by atoms with E-state index >= 15 is 0 Å². The number of Topliss-reactive ketones (excluding diaryl/α,β-unsaturated/α-hetero) is 1. The number of hydrogen-bond acceptors (Lipinski definition) is 3. The molecule has 0 saturated heterocycles. The van der Waals surface area contributed by atoms with Gasteiger partial charge in [0.05, 0.1) is 5.02 Å². The van der Waals surface area contributed by atoms with E-state index in [1.807, 2.05) is 0 Å². The average Bonchev–Trinajstić information content (AvgIpc) is 2.28. The molecular weight excluding hydrogens is 263 g/mol. The van der Waals surface area contributed by atoms with Crippen molar-refractivity contribution >= 4 is 40.0 Å².